The lowest BCUT2D eigenvalue weighted by Crippen LogP contribution is -2.35. The number of carbonyl (C=O) groups is 1. The Balaban J connectivity index is 1.61. The van der Waals surface area contributed by atoms with Gasteiger partial charge in [-0.2, -0.15) is 8.42 Å². The van der Waals surface area contributed by atoms with Crippen molar-refractivity contribution in [2.45, 2.75) is 43.5 Å². The molecule has 1 atom stereocenters. The third-order valence-corrected chi connectivity index (χ3v) is 6.66. The van der Waals surface area contributed by atoms with E-state index in [1.807, 2.05) is 4.90 Å². The Morgan fingerprint density at radius 2 is 1.90 bits per heavy atom. The van der Waals surface area contributed by atoms with Crippen molar-refractivity contribution in [3.63, 3.8) is 0 Å². The monoisotopic (exact) mass is 415 g/mol. The molecule has 0 spiro atoms. The lowest BCUT2D eigenvalue weighted by Gasteiger charge is -2.29. The fourth-order valence-electron chi connectivity index (χ4n) is 3.74. The maximum atomic E-state index is 13.1. The van der Waals surface area contributed by atoms with Gasteiger partial charge in [0.25, 0.3) is 15.9 Å². The molecule has 2 aliphatic heterocycles. The van der Waals surface area contributed by atoms with Crippen molar-refractivity contribution in [1.29, 1.82) is 0 Å². The van der Waals surface area contributed by atoms with Crippen LogP contribution in [0.2, 0.25) is 0 Å². The Hall–Kier alpha value is -2.74. The van der Waals surface area contributed by atoms with E-state index in [1.54, 1.807) is 31.2 Å². The van der Waals surface area contributed by atoms with E-state index in [2.05, 4.69) is 9.71 Å². The minimum atomic E-state index is -3.85. The highest BCUT2D eigenvalue weighted by atomic mass is 32.2. The molecule has 0 unspecified atom stereocenters. The number of fused-ring (bicyclic) bond motifs is 3. The predicted molar refractivity (Wildman–Crippen MR) is 109 cm³/mol. The zero-order valence-electron chi connectivity index (χ0n) is 16.1. The van der Waals surface area contributed by atoms with Gasteiger partial charge in [-0.1, -0.05) is 18.6 Å². The lowest BCUT2D eigenvalue weighted by atomic mass is 10.1. The Bertz CT molecular complexity index is 1080. The second-order valence-corrected chi connectivity index (χ2v) is 8.95. The quantitative estimate of drug-likeness (QED) is 0.827. The number of halogens is 1. The third-order valence-electron chi connectivity index (χ3n) is 5.33. The van der Waals surface area contributed by atoms with Gasteiger partial charge in [-0.05, 0) is 55.7 Å². The van der Waals surface area contributed by atoms with Gasteiger partial charge >= 0.3 is 0 Å². The molecule has 0 aromatic heterocycles. The number of anilines is 1. The normalized spacial score (nSPS) is 18.7. The second kappa shape index (κ2) is 7.59. The van der Waals surface area contributed by atoms with Gasteiger partial charge in [-0.15, -0.1) is 4.40 Å². The predicted octanol–water partition coefficient (Wildman–Crippen LogP) is 3.80. The van der Waals surface area contributed by atoms with Crippen molar-refractivity contribution in [1.82, 2.24) is 5.32 Å². The smallest absolute Gasteiger partial charge is 0.286 e. The molecule has 0 saturated carbocycles. The maximum absolute atomic E-state index is 13.1. The van der Waals surface area contributed by atoms with Gasteiger partial charge in [0.2, 0.25) is 0 Å². The Morgan fingerprint density at radius 1 is 1.14 bits per heavy atom. The zero-order chi connectivity index (χ0) is 20.6. The number of nitrogens with zero attached hydrogens (tertiary/aromatic N) is 2. The summed E-state index contributed by atoms with van der Waals surface area (Å²) in [6.45, 7) is 2.50. The van der Waals surface area contributed by atoms with E-state index in [1.165, 1.54) is 18.2 Å². The van der Waals surface area contributed by atoms with E-state index < -0.39 is 15.9 Å². The summed E-state index contributed by atoms with van der Waals surface area (Å²) in [4.78, 5) is 14.7. The van der Waals surface area contributed by atoms with E-state index in [9.17, 15) is 17.6 Å². The van der Waals surface area contributed by atoms with Crippen LogP contribution in [0.4, 0.5) is 10.1 Å². The number of amides is 1. The van der Waals surface area contributed by atoms with Gasteiger partial charge in [0, 0.05) is 18.5 Å². The molecule has 0 aliphatic carbocycles. The van der Waals surface area contributed by atoms with E-state index in [0.29, 0.717) is 24.5 Å². The molecule has 1 fully saturated rings. The Labute approximate surface area is 169 Å². The van der Waals surface area contributed by atoms with Gasteiger partial charge in [-0.3, -0.25) is 4.79 Å². The summed E-state index contributed by atoms with van der Waals surface area (Å²) < 4.78 is 42.5. The van der Waals surface area contributed by atoms with Crippen LogP contribution in [0.25, 0.3) is 0 Å². The van der Waals surface area contributed by atoms with Crippen molar-refractivity contribution < 1.29 is 17.6 Å². The number of sulfonamides is 1. The summed E-state index contributed by atoms with van der Waals surface area (Å²) in [6, 6.07) is 10.2. The minimum absolute atomic E-state index is 0.0604. The summed E-state index contributed by atoms with van der Waals surface area (Å²) in [5.74, 6) is -0.164. The van der Waals surface area contributed by atoms with Gasteiger partial charge < -0.3 is 10.2 Å². The summed E-state index contributed by atoms with van der Waals surface area (Å²) in [5, 5.41) is 2.83. The van der Waals surface area contributed by atoms with E-state index >= 15 is 0 Å². The van der Waals surface area contributed by atoms with Crippen LogP contribution in [0.1, 0.15) is 54.6 Å². The van der Waals surface area contributed by atoms with Crippen LogP contribution < -0.4 is 10.2 Å². The lowest BCUT2D eigenvalue weighted by molar-refractivity contribution is 0.0939. The minimum Gasteiger partial charge on any atom is -0.346 e. The number of amidine groups is 1. The summed E-state index contributed by atoms with van der Waals surface area (Å²) >= 11 is 0. The molecular weight excluding hydrogens is 393 g/mol. The number of rotatable bonds is 3. The standard InChI is InChI=1S/C21H22FN3O3S/c1-14(15-6-9-17(22)10-7-15)23-21(26)16-8-11-18-19(13-16)29(27,28)24-20-5-3-2-4-12-25(18)20/h6-11,13-14H,2-5,12H2,1H3,(H,23,26)/t14-/m1/s1. The molecule has 6 nitrogen and oxygen atoms in total. The molecule has 1 N–H and O–H groups in total. The van der Waals surface area contributed by atoms with Crippen molar-refractivity contribution in [3.05, 3.63) is 59.4 Å². The third kappa shape index (κ3) is 3.89. The molecule has 2 aliphatic rings. The van der Waals surface area contributed by atoms with Crippen molar-refractivity contribution in [2.24, 2.45) is 4.40 Å². The first kappa shape index (κ1) is 19.6. The summed E-state index contributed by atoms with van der Waals surface area (Å²) in [7, 11) is -3.85. The van der Waals surface area contributed by atoms with Gasteiger partial charge in [-0.25, -0.2) is 4.39 Å². The zero-order valence-corrected chi connectivity index (χ0v) is 16.9. The molecule has 8 heteroatoms. The molecule has 2 aromatic carbocycles. The van der Waals surface area contributed by atoms with Crippen LogP contribution in [0.15, 0.2) is 51.8 Å². The fraction of sp³-hybridized carbons (Fsp3) is 0.333. The second-order valence-electron chi connectivity index (χ2n) is 7.37. The first-order valence-corrected chi connectivity index (χ1v) is 11.1. The summed E-state index contributed by atoms with van der Waals surface area (Å²) in [5.41, 5.74) is 1.58. The van der Waals surface area contributed by atoms with Gasteiger partial charge in [0.05, 0.1) is 11.7 Å². The Kier molecular flexibility index (Phi) is 5.12. The van der Waals surface area contributed by atoms with Crippen molar-refractivity contribution in [2.75, 3.05) is 11.4 Å². The molecular formula is C21H22FN3O3S. The SMILES string of the molecule is C[C@@H](NC(=O)c1ccc2c(c1)S(=O)(=O)N=C1CCCCCN12)c1ccc(F)cc1. The van der Waals surface area contributed by atoms with Crippen LogP contribution in [0, 0.1) is 5.82 Å². The topological polar surface area (TPSA) is 78.8 Å². The van der Waals surface area contributed by atoms with Crippen LogP contribution in [-0.2, 0) is 10.0 Å². The first-order valence-electron chi connectivity index (χ1n) is 9.67. The number of carbonyl (C=O) groups excluding carboxylic acids is 1. The molecule has 2 aromatic rings. The van der Waals surface area contributed by atoms with E-state index in [0.717, 1.165) is 24.8 Å². The molecule has 1 amide bonds. The molecule has 2 heterocycles. The van der Waals surface area contributed by atoms with Crippen LogP contribution in [-0.4, -0.2) is 26.7 Å². The van der Waals surface area contributed by atoms with Crippen LogP contribution in [0.5, 0.6) is 0 Å². The van der Waals surface area contributed by atoms with Crippen molar-refractivity contribution in [3.8, 4) is 0 Å². The van der Waals surface area contributed by atoms with E-state index in [-0.39, 0.29) is 22.3 Å². The molecule has 152 valence electrons. The molecule has 29 heavy (non-hydrogen) atoms. The Morgan fingerprint density at radius 3 is 2.66 bits per heavy atom. The van der Waals surface area contributed by atoms with Gasteiger partial charge in [0.1, 0.15) is 16.5 Å². The maximum Gasteiger partial charge on any atom is 0.286 e. The number of nitrogens with one attached hydrogen (secondary N) is 1. The van der Waals surface area contributed by atoms with Gasteiger partial charge in [0.15, 0.2) is 0 Å². The molecule has 1 saturated heterocycles. The molecule has 0 bridgehead atoms. The van der Waals surface area contributed by atoms with Crippen LogP contribution in [0.3, 0.4) is 0 Å². The summed E-state index contributed by atoms with van der Waals surface area (Å²) in [6.07, 6.45) is 3.56. The van der Waals surface area contributed by atoms with Crippen molar-refractivity contribution >= 4 is 27.5 Å². The largest absolute Gasteiger partial charge is 0.346 e. The average Bonchev–Trinajstić information content (AvgIpc) is 2.93. The number of benzene rings is 2. The fourth-order valence-corrected chi connectivity index (χ4v) is 5.02. The number of hydrogen-bond acceptors (Lipinski definition) is 4. The van der Waals surface area contributed by atoms with E-state index in [4.69, 9.17) is 0 Å². The highest BCUT2D eigenvalue weighted by Crippen LogP contribution is 2.35. The molecule has 4 rings (SSSR count). The molecule has 0 radical (unpaired) electrons. The van der Waals surface area contributed by atoms with Crippen LogP contribution >= 0.6 is 0 Å². The first-order chi connectivity index (χ1) is 13.8. The average molecular weight is 415 g/mol. The highest BCUT2D eigenvalue weighted by Gasteiger charge is 2.32. The number of hydrogen-bond donors (Lipinski definition) is 1. The highest BCUT2D eigenvalue weighted by molar-refractivity contribution is 7.90.